The summed E-state index contributed by atoms with van der Waals surface area (Å²) in [6.45, 7) is 0. The lowest BCUT2D eigenvalue weighted by Crippen LogP contribution is -2.27. The Morgan fingerprint density at radius 3 is 2.78 bits per heavy atom. The number of nitrogens with zero attached hydrogens (tertiary/aromatic N) is 4. The maximum atomic E-state index is 12.5. The molecule has 3 aromatic rings. The molecule has 0 aliphatic rings. The highest BCUT2D eigenvalue weighted by atomic mass is 79.9. The minimum Gasteiger partial charge on any atom is -0.315 e. The molecule has 0 radical (unpaired) electrons. The maximum absolute atomic E-state index is 12.5. The molecule has 0 unspecified atom stereocenters. The largest absolute Gasteiger partial charge is 0.315 e. The number of amides is 1. The van der Waals surface area contributed by atoms with Crippen LogP contribution in [0.2, 0.25) is 0 Å². The molecule has 116 valence electrons. The highest BCUT2D eigenvalue weighted by molar-refractivity contribution is 9.10. The number of likely N-dealkylation sites (N-methyl/N-ethyl adjacent to an activating group) is 1. The Hall–Kier alpha value is -2.54. The van der Waals surface area contributed by atoms with Crippen LogP contribution in [0.4, 0.5) is 5.69 Å². The van der Waals surface area contributed by atoms with E-state index in [1.807, 2.05) is 48.5 Å². The van der Waals surface area contributed by atoms with Crippen molar-refractivity contribution in [3.05, 3.63) is 58.6 Å². The first-order chi connectivity index (χ1) is 11.1. The van der Waals surface area contributed by atoms with Crippen LogP contribution in [0.5, 0.6) is 0 Å². The van der Waals surface area contributed by atoms with Crippen LogP contribution in [0.1, 0.15) is 5.56 Å². The quantitative estimate of drug-likeness (QED) is 0.764. The molecule has 3 rings (SSSR count). The Kier molecular flexibility index (Phi) is 4.47. The molecule has 1 amide bonds. The number of carbonyl (C=O) groups is 1. The summed E-state index contributed by atoms with van der Waals surface area (Å²) in [5.74, 6) is 0.507. The van der Waals surface area contributed by atoms with Gasteiger partial charge < -0.3 is 4.90 Å². The number of hydrogen-bond donors (Lipinski definition) is 1. The Labute approximate surface area is 141 Å². The van der Waals surface area contributed by atoms with E-state index in [0.29, 0.717) is 12.2 Å². The number of hydrogen-bond acceptors (Lipinski definition) is 4. The number of anilines is 1. The summed E-state index contributed by atoms with van der Waals surface area (Å²) in [7, 11) is 1.76. The van der Waals surface area contributed by atoms with Crippen molar-refractivity contribution in [1.29, 1.82) is 0 Å². The lowest BCUT2D eigenvalue weighted by atomic mass is 10.1. The summed E-state index contributed by atoms with van der Waals surface area (Å²) >= 11 is 3.42. The minimum absolute atomic E-state index is 0.00774. The number of aromatic amines is 1. The molecule has 0 saturated heterocycles. The lowest BCUT2D eigenvalue weighted by molar-refractivity contribution is -0.117. The average Bonchev–Trinajstić information content (AvgIpc) is 3.09. The fourth-order valence-corrected chi connectivity index (χ4v) is 2.67. The van der Waals surface area contributed by atoms with Crippen LogP contribution < -0.4 is 4.90 Å². The second-order valence-electron chi connectivity index (χ2n) is 5.05. The molecule has 6 nitrogen and oxygen atoms in total. The van der Waals surface area contributed by atoms with Gasteiger partial charge in [0.25, 0.3) is 0 Å². The molecule has 1 heterocycles. The van der Waals surface area contributed by atoms with Crippen molar-refractivity contribution in [1.82, 2.24) is 20.6 Å². The number of rotatable bonds is 4. The van der Waals surface area contributed by atoms with Crippen molar-refractivity contribution in [3.63, 3.8) is 0 Å². The van der Waals surface area contributed by atoms with Crippen LogP contribution in [-0.2, 0) is 11.2 Å². The van der Waals surface area contributed by atoms with Crippen molar-refractivity contribution in [2.75, 3.05) is 11.9 Å². The molecule has 0 atom stereocenters. The van der Waals surface area contributed by atoms with E-state index in [-0.39, 0.29) is 5.91 Å². The Morgan fingerprint density at radius 1 is 1.22 bits per heavy atom. The Bertz CT molecular complexity index is 819. The molecular formula is C16H14BrN5O. The summed E-state index contributed by atoms with van der Waals surface area (Å²) in [5.41, 5.74) is 2.55. The molecule has 7 heteroatoms. The molecule has 0 bridgehead atoms. The van der Waals surface area contributed by atoms with Crippen molar-refractivity contribution in [2.45, 2.75) is 6.42 Å². The van der Waals surface area contributed by atoms with Crippen LogP contribution >= 0.6 is 15.9 Å². The monoisotopic (exact) mass is 371 g/mol. The molecule has 0 aliphatic heterocycles. The molecule has 1 N–H and O–H groups in total. The predicted molar refractivity (Wildman–Crippen MR) is 90.9 cm³/mol. The van der Waals surface area contributed by atoms with Gasteiger partial charge in [0, 0.05) is 22.8 Å². The van der Waals surface area contributed by atoms with E-state index in [0.717, 1.165) is 21.3 Å². The van der Waals surface area contributed by atoms with Gasteiger partial charge in [-0.3, -0.25) is 4.79 Å². The first-order valence-corrected chi connectivity index (χ1v) is 7.77. The fourth-order valence-electron chi connectivity index (χ4n) is 2.22. The van der Waals surface area contributed by atoms with Gasteiger partial charge in [-0.1, -0.05) is 40.2 Å². The van der Waals surface area contributed by atoms with Crippen molar-refractivity contribution in [2.24, 2.45) is 0 Å². The first-order valence-electron chi connectivity index (χ1n) is 6.98. The molecule has 0 spiro atoms. The van der Waals surface area contributed by atoms with E-state index in [4.69, 9.17) is 0 Å². The van der Waals surface area contributed by atoms with E-state index >= 15 is 0 Å². The number of halogens is 1. The smallest absolute Gasteiger partial charge is 0.231 e. The third kappa shape index (κ3) is 3.62. The second-order valence-corrected chi connectivity index (χ2v) is 5.96. The van der Waals surface area contributed by atoms with Gasteiger partial charge in [0.15, 0.2) is 0 Å². The van der Waals surface area contributed by atoms with E-state index < -0.39 is 0 Å². The normalized spacial score (nSPS) is 10.5. The number of benzene rings is 2. The number of H-pyrrole nitrogens is 1. The van der Waals surface area contributed by atoms with Gasteiger partial charge in [-0.2, -0.15) is 5.21 Å². The van der Waals surface area contributed by atoms with Crippen LogP contribution in [0.15, 0.2) is 53.0 Å². The second kappa shape index (κ2) is 6.70. The molecule has 1 aromatic heterocycles. The molecule has 0 fully saturated rings. The number of tetrazole rings is 1. The first kappa shape index (κ1) is 15.4. The highest BCUT2D eigenvalue weighted by Crippen LogP contribution is 2.22. The number of aromatic nitrogens is 4. The minimum atomic E-state index is 0.00774. The third-order valence-electron chi connectivity index (χ3n) is 3.46. The zero-order chi connectivity index (χ0) is 16.2. The van der Waals surface area contributed by atoms with Gasteiger partial charge in [0.2, 0.25) is 11.7 Å². The van der Waals surface area contributed by atoms with E-state index in [2.05, 4.69) is 36.6 Å². The van der Waals surface area contributed by atoms with E-state index in [1.54, 1.807) is 11.9 Å². The van der Waals surface area contributed by atoms with Crippen molar-refractivity contribution >= 4 is 27.5 Å². The SMILES string of the molecule is CN(C(=O)Cc1cccc(Br)c1)c1cccc(-c2nn[nH]n2)c1. The van der Waals surface area contributed by atoms with Gasteiger partial charge in [-0.25, -0.2) is 0 Å². The Morgan fingerprint density at radius 2 is 2.04 bits per heavy atom. The summed E-state index contributed by atoms with van der Waals surface area (Å²) in [4.78, 5) is 14.1. The average molecular weight is 372 g/mol. The van der Waals surface area contributed by atoms with Gasteiger partial charge in [0.05, 0.1) is 6.42 Å². The lowest BCUT2D eigenvalue weighted by Gasteiger charge is -2.18. The fraction of sp³-hybridized carbons (Fsp3) is 0.125. The molecule has 23 heavy (non-hydrogen) atoms. The van der Waals surface area contributed by atoms with Crippen LogP contribution in [0.25, 0.3) is 11.4 Å². The Balaban J connectivity index is 1.78. The van der Waals surface area contributed by atoms with Crippen LogP contribution in [0, 0.1) is 0 Å². The summed E-state index contributed by atoms with van der Waals surface area (Å²) in [5, 5.41) is 13.9. The van der Waals surface area contributed by atoms with Gasteiger partial charge in [0.1, 0.15) is 0 Å². The maximum Gasteiger partial charge on any atom is 0.231 e. The number of carbonyl (C=O) groups excluding carboxylic acids is 1. The van der Waals surface area contributed by atoms with E-state index in [9.17, 15) is 4.79 Å². The standard InChI is InChI=1S/C16H14BrN5O/c1-22(15(23)9-11-4-2-6-13(17)8-11)14-7-3-5-12(10-14)16-18-20-21-19-16/h2-8,10H,9H2,1H3,(H,18,19,20,21). The highest BCUT2D eigenvalue weighted by Gasteiger charge is 2.13. The van der Waals surface area contributed by atoms with Crippen molar-refractivity contribution in [3.8, 4) is 11.4 Å². The van der Waals surface area contributed by atoms with Gasteiger partial charge in [-0.05, 0) is 35.0 Å². The van der Waals surface area contributed by atoms with Gasteiger partial charge in [-0.15, -0.1) is 10.2 Å². The predicted octanol–water partition coefficient (Wildman–Crippen LogP) is 2.83. The summed E-state index contributed by atoms with van der Waals surface area (Å²) in [6.07, 6.45) is 0.336. The molecule has 2 aromatic carbocycles. The van der Waals surface area contributed by atoms with E-state index in [1.165, 1.54) is 0 Å². The van der Waals surface area contributed by atoms with Crippen LogP contribution in [0.3, 0.4) is 0 Å². The summed E-state index contributed by atoms with van der Waals surface area (Å²) < 4.78 is 0.963. The zero-order valence-electron chi connectivity index (χ0n) is 12.4. The third-order valence-corrected chi connectivity index (χ3v) is 3.95. The van der Waals surface area contributed by atoms with Crippen molar-refractivity contribution < 1.29 is 4.79 Å². The zero-order valence-corrected chi connectivity index (χ0v) is 14.0. The molecular weight excluding hydrogens is 358 g/mol. The molecule has 0 saturated carbocycles. The topological polar surface area (TPSA) is 74.8 Å². The summed E-state index contributed by atoms with van der Waals surface area (Å²) in [6, 6.07) is 15.2. The van der Waals surface area contributed by atoms with Crippen LogP contribution in [-0.4, -0.2) is 33.6 Å². The molecule has 0 aliphatic carbocycles. The number of nitrogens with one attached hydrogen (secondary N) is 1. The van der Waals surface area contributed by atoms with Gasteiger partial charge >= 0.3 is 0 Å².